The lowest BCUT2D eigenvalue weighted by molar-refractivity contribution is 0.260. The van der Waals surface area contributed by atoms with Gasteiger partial charge < -0.3 is 15.3 Å². The van der Waals surface area contributed by atoms with E-state index in [2.05, 4.69) is 4.98 Å². The van der Waals surface area contributed by atoms with Crippen LogP contribution in [0.25, 0.3) is 0 Å². The highest BCUT2D eigenvalue weighted by molar-refractivity contribution is 5.20. The highest BCUT2D eigenvalue weighted by Gasteiger charge is 1.99. The van der Waals surface area contributed by atoms with E-state index in [1.54, 1.807) is 12.1 Å². The van der Waals surface area contributed by atoms with Crippen LogP contribution >= 0.6 is 0 Å². The van der Waals surface area contributed by atoms with Crippen LogP contribution in [0.4, 0.5) is 0 Å². The molecule has 0 aromatic carbocycles. The Morgan fingerprint density at radius 1 is 0.929 bits per heavy atom. The molecule has 0 unspecified atom stereocenters. The van der Waals surface area contributed by atoms with Crippen LogP contribution in [0.1, 0.15) is 30.8 Å². The Morgan fingerprint density at radius 3 is 1.64 bits per heavy atom. The van der Waals surface area contributed by atoms with E-state index in [1.807, 2.05) is 13.8 Å². The topological polar surface area (TPSA) is 73.6 Å². The Bertz CT molecular complexity index is 208. The number of rotatable bonds is 3. The second-order valence-electron chi connectivity index (χ2n) is 2.43. The van der Waals surface area contributed by atoms with Gasteiger partial charge in [-0.15, -0.1) is 0 Å². The first-order valence-corrected chi connectivity index (χ1v) is 4.61. The molecule has 0 aliphatic rings. The van der Waals surface area contributed by atoms with Crippen LogP contribution in [0.5, 0.6) is 0 Å². The summed E-state index contributed by atoms with van der Waals surface area (Å²) in [6.45, 7) is 3.53. The lowest BCUT2D eigenvalue weighted by Gasteiger charge is -2.02. The van der Waals surface area contributed by atoms with Crippen LogP contribution in [0.3, 0.4) is 0 Å². The van der Waals surface area contributed by atoms with Gasteiger partial charge in [0.15, 0.2) is 0 Å². The van der Waals surface area contributed by atoms with Crippen molar-refractivity contribution in [2.45, 2.75) is 33.7 Å². The summed E-state index contributed by atoms with van der Waals surface area (Å²) in [5, 5.41) is 26.3. The van der Waals surface area contributed by atoms with Crippen LogP contribution < -0.4 is 0 Å². The quantitative estimate of drug-likeness (QED) is 0.666. The summed E-state index contributed by atoms with van der Waals surface area (Å²) in [6, 6.07) is 3.19. The van der Waals surface area contributed by atoms with E-state index in [0.717, 1.165) is 0 Å². The van der Waals surface area contributed by atoms with Crippen molar-refractivity contribution in [3.05, 3.63) is 29.1 Å². The molecule has 0 aliphatic heterocycles. The van der Waals surface area contributed by atoms with Gasteiger partial charge in [-0.1, -0.05) is 13.8 Å². The molecule has 0 bridgehead atoms. The maximum atomic E-state index is 8.79. The molecule has 3 N–H and O–H groups in total. The smallest absolute Gasteiger partial charge is 0.0853 e. The monoisotopic (exact) mass is 199 g/mol. The van der Waals surface area contributed by atoms with Gasteiger partial charge in [-0.25, -0.2) is 0 Å². The molecule has 0 aliphatic carbocycles. The highest BCUT2D eigenvalue weighted by atomic mass is 16.3. The van der Waals surface area contributed by atoms with Gasteiger partial charge in [0.05, 0.1) is 31.2 Å². The van der Waals surface area contributed by atoms with Crippen molar-refractivity contribution in [3.63, 3.8) is 0 Å². The Morgan fingerprint density at radius 2 is 1.36 bits per heavy atom. The molecule has 14 heavy (non-hydrogen) atoms. The van der Waals surface area contributed by atoms with Crippen molar-refractivity contribution in [2.75, 3.05) is 0 Å². The molecule has 0 fully saturated rings. The van der Waals surface area contributed by atoms with Crippen LogP contribution in [0, 0.1) is 0 Å². The highest BCUT2D eigenvalue weighted by Crippen LogP contribution is 2.06. The first-order valence-electron chi connectivity index (χ1n) is 4.61. The SMILES string of the molecule is CC.OCc1cc(CO)nc(CO)c1. The Balaban J connectivity index is 0.000000791. The normalized spacial score (nSPS) is 9.21. The molecule has 1 aromatic rings. The van der Waals surface area contributed by atoms with E-state index >= 15 is 0 Å². The average molecular weight is 199 g/mol. The molecular formula is C10H17NO3. The van der Waals surface area contributed by atoms with Gasteiger partial charge in [-0.3, -0.25) is 4.98 Å². The van der Waals surface area contributed by atoms with Gasteiger partial charge in [0, 0.05) is 0 Å². The first kappa shape index (κ1) is 13.0. The Hall–Kier alpha value is -0.970. The standard InChI is InChI=1S/C8H11NO3.C2H6/c10-3-6-1-7(4-11)9-8(2-6)5-12;1-2/h1-2,10-12H,3-5H2;1-2H3. The van der Waals surface area contributed by atoms with E-state index in [9.17, 15) is 0 Å². The zero-order chi connectivity index (χ0) is 11.0. The molecule has 1 aromatic heterocycles. The van der Waals surface area contributed by atoms with E-state index in [0.29, 0.717) is 17.0 Å². The van der Waals surface area contributed by atoms with Gasteiger partial charge in [-0.05, 0) is 17.7 Å². The fourth-order valence-electron chi connectivity index (χ4n) is 0.972. The number of hydrogen-bond acceptors (Lipinski definition) is 4. The average Bonchev–Trinajstić information content (AvgIpc) is 2.30. The Kier molecular flexibility index (Phi) is 6.92. The number of aliphatic hydroxyl groups excluding tert-OH is 3. The van der Waals surface area contributed by atoms with E-state index in [4.69, 9.17) is 15.3 Å². The van der Waals surface area contributed by atoms with Gasteiger partial charge in [0.25, 0.3) is 0 Å². The van der Waals surface area contributed by atoms with Crippen molar-refractivity contribution in [1.82, 2.24) is 4.98 Å². The maximum absolute atomic E-state index is 8.79. The number of aliphatic hydroxyl groups is 3. The number of aromatic nitrogens is 1. The minimum Gasteiger partial charge on any atom is -0.392 e. The predicted octanol–water partition coefficient (Wildman–Crippen LogP) is 0.585. The van der Waals surface area contributed by atoms with Gasteiger partial charge in [0.2, 0.25) is 0 Å². The minimum atomic E-state index is -0.180. The van der Waals surface area contributed by atoms with Crippen LogP contribution in [-0.4, -0.2) is 20.3 Å². The lowest BCUT2D eigenvalue weighted by Crippen LogP contribution is -1.98. The molecule has 0 atom stereocenters. The molecule has 0 saturated heterocycles. The third kappa shape index (κ3) is 3.83. The van der Waals surface area contributed by atoms with Crippen molar-refractivity contribution < 1.29 is 15.3 Å². The van der Waals surface area contributed by atoms with Crippen molar-refractivity contribution in [2.24, 2.45) is 0 Å². The summed E-state index contributed by atoms with van der Waals surface area (Å²) in [6.07, 6.45) is 0. The van der Waals surface area contributed by atoms with E-state index in [-0.39, 0.29) is 19.8 Å². The summed E-state index contributed by atoms with van der Waals surface area (Å²) < 4.78 is 0. The molecule has 0 radical (unpaired) electrons. The van der Waals surface area contributed by atoms with Crippen LogP contribution in [-0.2, 0) is 19.8 Å². The molecule has 4 nitrogen and oxygen atoms in total. The number of pyridine rings is 1. The summed E-state index contributed by atoms with van der Waals surface area (Å²) in [5.41, 5.74) is 1.58. The van der Waals surface area contributed by atoms with Crippen LogP contribution in [0.15, 0.2) is 12.1 Å². The predicted molar refractivity (Wildman–Crippen MR) is 53.4 cm³/mol. The molecular weight excluding hydrogens is 182 g/mol. The number of hydrogen-bond donors (Lipinski definition) is 3. The third-order valence-electron chi connectivity index (χ3n) is 1.50. The maximum Gasteiger partial charge on any atom is 0.0853 e. The van der Waals surface area contributed by atoms with Gasteiger partial charge in [0.1, 0.15) is 0 Å². The van der Waals surface area contributed by atoms with Crippen molar-refractivity contribution in [1.29, 1.82) is 0 Å². The van der Waals surface area contributed by atoms with E-state index < -0.39 is 0 Å². The zero-order valence-electron chi connectivity index (χ0n) is 8.56. The zero-order valence-corrected chi connectivity index (χ0v) is 8.56. The fraction of sp³-hybridized carbons (Fsp3) is 0.500. The van der Waals surface area contributed by atoms with Crippen LogP contribution in [0.2, 0.25) is 0 Å². The largest absolute Gasteiger partial charge is 0.392 e. The van der Waals surface area contributed by atoms with Gasteiger partial charge >= 0.3 is 0 Å². The summed E-state index contributed by atoms with van der Waals surface area (Å²) in [5.74, 6) is 0. The second-order valence-corrected chi connectivity index (χ2v) is 2.43. The summed E-state index contributed by atoms with van der Waals surface area (Å²) >= 11 is 0. The Labute approximate surface area is 83.9 Å². The molecule has 1 rings (SSSR count). The second kappa shape index (κ2) is 7.44. The summed E-state index contributed by atoms with van der Waals surface area (Å²) in [4.78, 5) is 3.91. The molecule has 80 valence electrons. The molecule has 0 spiro atoms. The summed E-state index contributed by atoms with van der Waals surface area (Å²) in [7, 11) is 0. The molecule has 4 heteroatoms. The molecule has 0 saturated carbocycles. The lowest BCUT2D eigenvalue weighted by atomic mass is 10.2. The molecule has 0 amide bonds. The van der Waals surface area contributed by atoms with Crippen molar-refractivity contribution >= 4 is 0 Å². The first-order chi connectivity index (χ1) is 6.80. The fourth-order valence-corrected chi connectivity index (χ4v) is 0.972. The van der Waals surface area contributed by atoms with Gasteiger partial charge in [-0.2, -0.15) is 0 Å². The number of nitrogens with zero attached hydrogens (tertiary/aromatic N) is 1. The molecule has 1 heterocycles. The minimum absolute atomic E-state index is 0.109. The van der Waals surface area contributed by atoms with Crippen molar-refractivity contribution in [3.8, 4) is 0 Å². The van der Waals surface area contributed by atoms with E-state index in [1.165, 1.54) is 0 Å². The third-order valence-corrected chi connectivity index (χ3v) is 1.50.